The molecule has 0 aliphatic carbocycles. The molecule has 3 atom stereocenters. The van der Waals surface area contributed by atoms with Crippen molar-refractivity contribution in [2.75, 3.05) is 13.7 Å². The predicted molar refractivity (Wildman–Crippen MR) is 71.0 cm³/mol. The second-order valence-electron chi connectivity index (χ2n) is 4.77. The molecule has 1 fully saturated rings. The number of aliphatic hydroxyl groups is 1. The lowest BCUT2D eigenvalue weighted by molar-refractivity contribution is -0.0289. The van der Waals surface area contributed by atoms with E-state index in [-0.39, 0.29) is 13.0 Å². The van der Waals surface area contributed by atoms with Crippen LogP contribution in [0.2, 0.25) is 0 Å². The predicted octanol–water partition coefficient (Wildman–Crippen LogP) is -1.15. The van der Waals surface area contributed by atoms with E-state index in [9.17, 15) is 19.5 Å². The molecule has 1 aromatic heterocycles. The van der Waals surface area contributed by atoms with Crippen LogP contribution in [0.1, 0.15) is 18.2 Å². The van der Waals surface area contributed by atoms with Gasteiger partial charge in [-0.05, 0) is 6.92 Å². The van der Waals surface area contributed by atoms with E-state index in [2.05, 4.69) is 15.0 Å². The standard InChI is InChI=1S/C12H17N3O6/c1-6-4-15(11(18)14-10(6)17)9-3-7(8(5-16)21-9)13-12(19)20-2/h4,7-9,16H,3,5H2,1-2H3,(H,13,19)(H,14,17,18)/t7-,8+,9+/m0/s1. The van der Waals surface area contributed by atoms with Gasteiger partial charge in [-0.3, -0.25) is 14.3 Å². The Kier molecular flexibility index (Phi) is 4.43. The fourth-order valence-electron chi connectivity index (χ4n) is 2.23. The molecule has 1 saturated heterocycles. The Hall–Kier alpha value is -2.13. The summed E-state index contributed by atoms with van der Waals surface area (Å²) in [7, 11) is 1.23. The summed E-state index contributed by atoms with van der Waals surface area (Å²) in [5, 5.41) is 11.8. The molecule has 1 amide bonds. The average Bonchev–Trinajstić information content (AvgIpc) is 2.85. The zero-order chi connectivity index (χ0) is 15.6. The van der Waals surface area contributed by atoms with Crippen molar-refractivity contribution in [3.63, 3.8) is 0 Å². The quantitative estimate of drug-likeness (QED) is 0.647. The van der Waals surface area contributed by atoms with Crippen molar-refractivity contribution in [3.05, 3.63) is 32.6 Å². The average molecular weight is 299 g/mol. The Morgan fingerprint density at radius 2 is 2.33 bits per heavy atom. The number of carbonyl (C=O) groups is 1. The minimum atomic E-state index is -0.688. The lowest BCUT2D eigenvalue weighted by Crippen LogP contribution is -2.41. The second-order valence-corrected chi connectivity index (χ2v) is 4.77. The van der Waals surface area contributed by atoms with E-state index in [1.54, 1.807) is 6.92 Å². The summed E-state index contributed by atoms with van der Waals surface area (Å²) in [5.41, 5.74) is -0.702. The number of alkyl carbamates (subject to hydrolysis) is 1. The van der Waals surface area contributed by atoms with Crippen LogP contribution in [0.4, 0.5) is 4.79 Å². The topological polar surface area (TPSA) is 123 Å². The van der Waals surface area contributed by atoms with E-state index in [1.165, 1.54) is 17.9 Å². The fourth-order valence-corrected chi connectivity index (χ4v) is 2.23. The number of hydrogen-bond acceptors (Lipinski definition) is 6. The highest BCUT2D eigenvalue weighted by Crippen LogP contribution is 2.27. The van der Waals surface area contributed by atoms with Crippen LogP contribution in [0.25, 0.3) is 0 Å². The maximum Gasteiger partial charge on any atom is 0.407 e. The molecular formula is C12H17N3O6. The van der Waals surface area contributed by atoms with Crippen molar-refractivity contribution in [2.45, 2.75) is 31.7 Å². The summed E-state index contributed by atoms with van der Waals surface area (Å²) in [6.45, 7) is 1.25. The first kappa shape index (κ1) is 15.3. The molecule has 0 radical (unpaired) electrons. The number of methoxy groups -OCH3 is 1. The molecule has 116 valence electrons. The van der Waals surface area contributed by atoms with E-state index < -0.39 is 35.7 Å². The summed E-state index contributed by atoms with van der Waals surface area (Å²) in [4.78, 5) is 36.6. The first-order valence-corrected chi connectivity index (χ1v) is 6.39. The normalized spacial score (nSPS) is 24.8. The van der Waals surface area contributed by atoms with Gasteiger partial charge in [0.1, 0.15) is 12.3 Å². The van der Waals surface area contributed by atoms with Crippen LogP contribution in [0, 0.1) is 6.92 Å². The smallest absolute Gasteiger partial charge is 0.407 e. The summed E-state index contributed by atoms with van der Waals surface area (Å²) in [5.74, 6) is 0. The fraction of sp³-hybridized carbons (Fsp3) is 0.583. The molecule has 0 aromatic carbocycles. The van der Waals surface area contributed by atoms with Gasteiger partial charge < -0.3 is 19.9 Å². The number of nitrogens with zero attached hydrogens (tertiary/aromatic N) is 1. The minimum absolute atomic E-state index is 0.270. The third-order valence-electron chi connectivity index (χ3n) is 3.36. The summed E-state index contributed by atoms with van der Waals surface area (Å²) in [6, 6.07) is -0.494. The monoisotopic (exact) mass is 299 g/mol. The lowest BCUT2D eigenvalue weighted by atomic mass is 10.1. The summed E-state index contributed by atoms with van der Waals surface area (Å²) < 4.78 is 11.3. The molecular weight excluding hydrogens is 282 g/mol. The van der Waals surface area contributed by atoms with Crippen molar-refractivity contribution in [3.8, 4) is 0 Å². The van der Waals surface area contributed by atoms with Gasteiger partial charge in [0.05, 0.1) is 19.8 Å². The lowest BCUT2D eigenvalue weighted by Gasteiger charge is -2.16. The van der Waals surface area contributed by atoms with E-state index in [4.69, 9.17) is 4.74 Å². The largest absolute Gasteiger partial charge is 0.453 e. The molecule has 0 spiro atoms. The Balaban J connectivity index is 2.23. The van der Waals surface area contributed by atoms with Crippen LogP contribution in [0.15, 0.2) is 15.8 Å². The zero-order valence-corrected chi connectivity index (χ0v) is 11.7. The van der Waals surface area contributed by atoms with Crippen LogP contribution in [-0.2, 0) is 9.47 Å². The van der Waals surface area contributed by atoms with E-state index in [1.807, 2.05) is 0 Å². The van der Waals surface area contributed by atoms with Crippen LogP contribution < -0.4 is 16.6 Å². The highest BCUT2D eigenvalue weighted by molar-refractivity contribution is 5.67. The number of H-pyrrole nitrogens is 1. The van der Waals surface area contributed by atoms with Gasteiger partial charge in [0.15, 0.2) is 0 Å². The van der Waals surface area contributed by atoms with Gasteiger partial charge >= 0.3 is 11.8 Å². The number of hydrogen-bond donors (Lipinski definition) is 3. The number of aromatic amines is 1. The van der Waals surface area contributed by atoms with Crippen molar-refractivity contribution in [1.29, 1.82) is 0 Å². The highest BCUT2D eigenvalue weighted by Gasteiger charge is 2.37. The van der Waals surface area contributed by atoms with Gasteiger partial charge in [-0.25, -0.2) is 9.59 Å². The number of aryl methyl sites for hydroxylation is 1. The first-order valence-electron chi connectivity index (χ1n) is 6.39. The van der Waals surface area contributed by atoms with Gasteiger partial charge in [-0.2, -0.15) is 0 Å². The van der Waals surface area contributed by atoms with Crippen LogP contribution in [0.3, 0.4) is 0 Å². The maximum atomic E-state index is 11.8. The molecule has 0 unspecified atom stereocenters. The van der Waals surface area contributed by atoms with Gasteiger partial charge in [-0.15, -0.1) is 0 Å². The van der Waals surface area contributed by atoms with Crippen LogP contribution in [-0.4, -0.2) is 46.6 Å². The molecule has 1 aromatic rings. The molecule has 0 saturated carbocycles. The summed E-state index contributed by atoms with van der Waals surface area (Å²) >= 11 is 0. The Bertz CT molecular complexity index is 637. The van der Waals surface area contributed by atoms with Crippen LogP contribution >= 0.6 is 0 Å². The molecule has 2 heterocycles. The van der Waals surface area contributed by atoms with Gasteiger partial charge in [-0.1, -0.05) is 0 Å². The van der Waals surface area contributed by atoms with Gasteiger partial charge in [0.2, 0.25) is 0 Å². The summed E-state index contributed by atoms with van der Waals surface area (Å²) in [6.07, 6.45) is -0.333. The van der Waals surface area contributed by atoms with E-state index >= 15 is 0 Å². The van der Waals surface area contributed by atoms with Crippen LogP contribution in [0.5, 0.6) is 0 Å². The molecule has 21 heavy (non-hydrogen) atoms. The Labute approximate surface area is 119 Å². The molecule has 0 bridgehead atoms. The number of rotatable bonds is 3. The number of amides is 1. The van der Waals surface area contributed by atoms with Gasteiger partial charge in [0.25, 0.3) is 5.56 Å². The number of aliphatic hydroxyl groups excluding tert-OH is 1. The number of carbonyl (C=O) groups excluding carboxylic acids is 1. The molecule has 3 N–H and O–H groups in total. The Morgan fingerprint density at radius 3 is 2.95 bits per heavy atom. The SMILES string of the molecule is COC(=O)N[C@H]1C[C@H](n2cc(C)c(=O)[nH]c2=O)O[C@@H]1CO. The maximum absolute atomic E-state index is 11.8. The number of ether oxygens (including phenoxy) is 2. The zero-order valence-electron chi connectivity index (χ0n) is 11.7. The first-order chi connectivity index (χ1) is 9.96. The Morgan fingerprint density at radius 1 is 1.62 bits per heavy atom. The van der Waals surface area contributed by atoms with Crippen molar-refractivity contribution < 1.29 is 19.4 Å². The minimum Gasteiger partial charge on any atom is -0.453 e. The number of nitrogens with one attached hydrogen (secondary N) is 2. The van der Waals surface area contributed by atoms with Gasteiger partial charge in [0, 0.05) is 18.2 Å². The van der Waals surface area contributed by atoms with Crippen molar-refractivity contribution >= 4 is 6.09 Å². The van der Waals surface area contributed by atoms with E-state index in [0.717, 1.165) is 0 Å². The molecule has 1 aliphatic heterocycles. The molecule has 9 nitrogen and oxygen atoms in total. The molecule has 9 heteroatoms. The molecule has 1 aliphatic rings. The molecule has 2 rings (SSSR count). The third kappa shape index (κ3) is 3.14. The second kappa shape index (κ2) is 6.10. The highest BCUT2D eigenvalue weighted by atomic mass is 16.5. The number of aromatic nitrogens is 2. The van der Waals surface area contributed by atoms with Crippen molar-refractivity contribution in [2.24, 2.45) is 0 Å². The third-order valence-corrected chi connectivity index (χ3v) is 3.36. The van der Waals surface area contributed by atoms with E-state index in [0.29, 0.717) is 5.56 Å². The van der Waals surface area contributed by atoms with Crippen molar-refractivity contribution in [1.82, 2.24) is 14.9 Å².